The first kappa shape index (κ1) is 10.9. The maximum atomic E-state index is 5.98. The maximum Gasteiger partial charge on any atom is 0.116 e. The van der Waals surface area contributed by atoms with E-state index in [4.69, 9.17) is 11.6 Å². The fraction of sp³-hybridized carbons (Fsp3) is 0.385. The Hall–Kier alpha value is -1.19. The summed E-state index contributed by atoms with van der Waals surface area (Å²) in [4.78, 5) is 8.75. The molecule has 0 aliphatic carbocycles. The minimum Gasteiger partial charge on any atom is -0.316 e. The van der Waals surface area contributed by atoms with Gasteiger partial charge in [0.2, 0.25) is 0 Å². The van der Waals surface area contributed by atoms with E-state index in [2.05, 4.69) is 15.3 Å². The summed E-state index contributed by atoms with van der Waals surface area (Å²) in [5.74, 6) is 0.496. The van der Waals surface area contributed by atoms with E-state index in [0.717, 1.165) is 34.7 Å². The highest BCUT2D eigenvalue weighted by atomic mass is 35.5. The number of hydrogen-bond acceptors (Lipinski definition) is 3. The number of nitrogens with zero attached hydrogens (tertiary/aromatic N) is 2. The molecule has 1 aromatic heterocycles. The molecule has 1 aromatic carbocycles. The lowest BCUT2D eigenvalue weighted by Crippen LogP contribution is -2.29. The molecule has 1 aliphatic heterocycles. The number of halogens is 1. The topological polar surface area (TPSA) is 37.8 Å². The SMILES string of the molecule is Clc1ccc2c(C3CCCNC3)ncnc2c1. The molecular weight excluding hydrogens is 234 g/mol. The number of fused-ring (bicyclic) bond motifs is 1. The van der Waals surface area contributed by atoms with Gasteiger partial charge in [-0.15, -0.1) is 0 Å². The Morgan fingerprint density at radius 1 is 1.29 bits per heavy atom. The van der Waals surface area contributed by atoms with Crippen LogP contribution >= 0.6 is 11.6 Å². The summed E-state index contributed by atoms with van der Waals surface area (Å²) in [6.45, 7) is 2.13. The number of piperidine rings is 1. The molecule has 3 rings (SSSR count). The number of nitrogens with one attached hydrogen (secondary N) is 1. The van der Waals surface area contributed by atoms with Gasteiger partial charge in [0, 0.05) is 22.9 Å². The Morgan fingerprint density at radius 2 is 2.24 bits per heavy atom. The zero-order chi connectivity index (χ0) is 11.7. The second kappa shape index (κ2) is 4.59. The van der Waals surface area contributed by atoms with Gasteiger partial charge in [-0.2, -0.15) is 0 Å². The molecule has 0 spiro atoms. The van der Waals surface area contributed by atoms with E-state index >= 15 is 0 Å². The molecule has 1 unspecified atom stereocenters. The lowest BCUT2D eigenvalue weighted by Gasteiger charge is -2.23. The zero-order valence-corrected chi connectivity index (χ0v) is 10.2. The van der Waals surface area contributed by atoms with Crippen LogP contribution in [-0.4, -0.2) is 23.1 Å². The maximum absolute atomic E-state index is 5.98. The third-order valence-corrected chi connectivity index (χ3v) is 3.55. The molecule has 0 amide bonds. The number of aromatic nitrogens is 2. The van der Waals surface area contributed by atoms with Crippen molar-refractivity contribution in [2.45, 2.75) is 18.8 Å². The third kappa shape index (κ3) is 2.13. The summed E-state index contributed by atoms with van der Waals surface area (Å²) in [5, 5.41) is 5.28. The molecule has 17 heavy (non-hydrogen) atoms. The Morgan fingerprint density at radius 3 is 3.06 bits per heavy atom. The molecule has 0 bridgehead atoms. The fourth-order valence-corrected chi connectivity index (χ4v) is 2.63. The van der Waals surface area contributed by atoms with Crippen LogP contribution in [0.3, 0.4) is 0 Å². The van der Waals surface area contributed by atoms with Gasteiger partial charge >= 0.3 is 0 Å². The predicted molar refractivity (Wildman–Crippen MR) is 69.4 cm³/mol. The molecule has 1 atom stereocenters. The summed E-state index contributed by atoms with van der Waals surface area (Å²) in [5.41, 5.74) is 2.09. The van der Waals surface area contributed by atoms with Crippen LogP contribution in [-0.2, 0) is 0 Å². The molecule has 1 N–H and O–H groups in total. The van der Waals surface area contributed by atoms with Gasteiger partial charge in [0.1, 0.15) is 6.33 Å². The summed E-state index contributed by atoms with van der Waals surface area (Å²) in [6, 6.07) is 5.84. The van der Waals surface area contributed by atoms with Gasteiger partial charge in [-0.1, -0.05) is 11.6 Å². The largest absolute Gasteiger partial charge is 0.316 e. The highest BCUT2D eigenvalue weighted by Crippen LogP contribution is 2.28. The fourth-order valence-electron chi connectivity index (χ4n) is 2.46. The van der Waals surface area contributed by atoms with Crippen LogP contribution in [0.2, 0.25) is 5.02 Å². The first-order chi connectivity index (χ1) is 8.34. The molecule has 1 saturated heterocycles. The molecule has 2 heterocycles. The van der Waals surface area contributed by atoms with Crippen LogP contribution in [0.1, 0.15) is 24.5 Å². The number of benzene rings is 1. The van der Waals surface area contributed by atoms with Crippen molar-refractivity contribution in [3.63, 3.8) is 0 Å². The Bertz CT molecular complexity index is 535. The van der Waals surface area contributed by atoms with Gasteiger partial charge in [0.15, 0.2) is 0 Å². The highest BCUT2D eigenvalue weighted by molar-refractivity contribution is 6.31. The molecule has 0 radical (unpaired) electrons. The normalized spacial score (nSPS) is 20.6. The average molecular weight is 248 g/mol. The van der Waals surface area contributed by atoms with Crippen molar-refractivity contribution in [2.75, 3.05) is 13.1 Å². The Labute approximate surface area is 105 Å². The molecule has 3 nitrogen and oxygen atoms in total. The van der Waals surface area contributed by atoms with Crippen molar-refractivity contribution in [1.82, 2.24) is 15.3 Å². The van der Waals surface area contributed by atoms with Crippen molar-refractivity contribution in [1.29, 1.82) is 0 Å². The van der Waals surface area contributed by atoms with E-state index in [1.807, 2.05) is 18.2 Å². The smallest absolute Gasteiger partial charge is 0.116 e. The van der Waals surface area contributed by atoms with E-state index < -0.39 is 0 Å². The van der Waals surface area contributed by atoms with Crippen LogP contribution in [0.15, 0.2) is 24.5 Å². The second-order valence-corrected chi connectivity index (χ2v) is 4.90. The zero-order valence-electron chi connectivity index (χ0n) is 9.49. The van der Waals surface area contributed by atoms with E-state index in [1.165, 1.54) is 12.8 Å². The third-order valence-electron chi connectivity index (χ3n) is 3.31. The first-order valence-corrected chi connectivity index (χ1v) is 6.33. The average Bonchev–Trinajstić information content (AvgIpc) is 2.39. The van der Waals surface area contributed by atoms with Crippen molar-refractivity contribution >= 4 is 22.5 Å². The molecule has 4 heteroatoms. The standard InChI is InChI=1S/C13H14ClN3/c14-10-3-4-11-12(6-10)16-8-17-13(11)9-2-1-5-15-7-9/h3-4,6,8-9,15H,1-2,5,7H2. The van der Waals surface area contributed by atoms with Crippen LogP contribution in [0.5, 0.6) is 0 Å². The van der Waals surface area contributed by atoms with E-state index in [1.54, 1.807) is 6.33 Å². The molecule has 1 fully saturated rings. The molecule has 2 aromatic rings. The summed E-state index contributed by atoms with van der Waals surface area (Å²) in [6.07, 6.45) is 4.05. The Kier molecular flexibility index (Phi) is 2.95. The quantitative estimate of drug-likeness (QED) is 0.842. The van der Waals surface area contributed by atoms with Crippen LogP contribution in [0, 0.1) is 0 Å². The predicted octanol–water partition coefficient (Wildman–Crippen LogP) is 2.75. The minimum atomic E-state index is 0.496. The monoisotopic (exact) mass is 247 g/mol. The summed E-state index contributed by atoms with van der Waals surface area (Å²) in [7, 11) is 0. The molecule has 0 saturated carbocycles. The van der Waals surface area contributed by atoms with Gasteiger partial charge in [0.25, 0.3) is 0 Å². The molecular formula is C13H14ClN3. The lowest BCUT2D eigenvalue weighted by molar-refractivity contribution is 0.456. The molecule has 88 valence electrons. The van der Waals surface area contributed by atoms with E-state index in [0.29, 0.717) is 5.92 Å². The van der Waals surface area contributed by atoms with Gasteiger partial charge in [-0.3, -0.25) is 0 Å². The van der Waals surface area contributed by atoms with Crippen molar-refractivity contribution in [3.05, 3.63) is 35.2 Å². The lowest BCUT2D eigenvalue weighted by atomic mass is 9.93. The van der Waals surface area contributed by atoms with Gasteiger partial charge < -0.3 is 5.32 Å². The Balaban J connectivity index is 2.09. The van der Waals surface area contributed by atoms with Crippen molar-refractivity contribution in [3.8, 4) is 0 Å². The van der Waals surface area contributed by atoms with Crippen LogP contribution in [0.25, 0.3) is 10.9 Å². The van der Waals surface area contributed by atoms with Gasteiger partial charge in [0.05, 0.1) is 11.2 Å². The van der Waals surface area contributed by atoms with Gasteiger partial charge in [-0.25, -0.2) is 9.97 Å². The van der Waals surface area contributed by atoms with Gasteiger partial charge in [-0.05, 0) is 37.6 Å². The van der Waals surface area contributed by atoms with Crippen molar-refractivity contribution in [2.24, 2.45) is 0 Å². The first-order valence-electron chi connectivity index (χ1n) is 5.95. The van der Waals surface area contributed by atoms with Crippen molar-refractivity contribution < 1.29 is 0 Å². The second-order valence-electron chi connectivity index (χ2n) is 4.46. The summed E-state index contributed by atoms with van der Waals surface area (Å²) < 4.78 is 0. The number of hydrogen-bond donors (Lipinski definition) is 1. The van der Waals surface area contributed by atoms with Crippen LogP contribution in [0.4, 0.5) is 0 Å². The summed E-state index contributed by atoms with van der Waals surface area (Å²) >= 11 is 5.98. The highest BCUT2D eigenvalue weighted by Gasteiger charge is 2.18. The van der Waals surface area contributed by atoms with E-state index in [9.17, 15) is 0 Å². The molecule has 1 aliphatic rings. The van der Waals surface area contributed by atoms with E-state index in [-0.39, 0.29) is 0 Å². The minimum absolute atomic E-state index is 0.496. The number of rotatable bonds is 1. The van der Waals surface area contributed by atoms with Crippen LogP contribution < -0.4 is 5.32 Å².